The number of carbonyl (C=O) groups excluding carboxylic acids is 1. The van der Waals surface area contributed by atoms with Crippen molar-refractivity contribution >= 4 is 11.7 Å². The molecule has 4 nitrogen and oxygen atoms in total. The van der Waals surface area contributed by atoms with Crippen molar-refractivity contribution < 1.29 is 18.3 Å². The molecule has 1 rings (SSSR count). The van der Waals surface area contributed by atoms with Crippen LogP contribution in [0, 0.1) is 11.6 Å². The molecule has 0 spiro atoms. The van der Waals surface area contributed by atoms with E-state index < -0.39 is 17.6 Å². The Kier molecular flexibility index (Phi) is 3.56. The lowest BCUT2D eigenvalue weighted by Crippen LogP contribution is -2.36. The number of hydrazine groups is 1. The van der Waals surface area contributed by atoms with Crippen molar-refractivity contribution in [2.24, 2.45) is 5.84 Å². The number of hydrogen-bond acceptors (Lipinski definition) is 4. The smallest absolute Gasteiger partial charge is 0.326 e. The number of anilines is 1. The average Bonchev–Trinajstić information content (AvgIpc) is 2.16. The van der Waals surface area contributed by atoms with E-state index in [1.54, 1.807) is 0 Å². The summed E-state index contributed by atoms with van der Waals surface area (Å²) in [6, 6.07) is 2.76. The van der Waals surface area contributed by atoms with Crippen LogP contribution < -0.4 is 10.9 Å². The van der Waals surface area contributed by atoms with Crippen molar-refractivity contribution in [1.29, 1.82) is 0 Å². The summed E-state index contributed by atoms with van der Waals surface area (Å²) in [4.78, 5) is 10.8. The third kappa shape index (κ3) is 3.17. The Hall–Kier alpha value is -1.69. The van der Waals surface area contributed by atoms with Crippen LogP contribution in [0.2, 0.25) is 0 Å². The molecule has 0 amide bonds. The summed E-state index contributed by atoms with van der Waals surface area (Å²) >= 11 is 0. The van der Waals surface area contributed by atoms with Crippen molar-refractivity contribution in [3.05, 3.63) is 29.8 Å². The van der Waals surface area contributed by atoms with E-state index in [0.29, 0.717) is 0 Å². The maximum Gasteiger partial charge on any atom is 0.326 e. The lowest BCUT2D eigenvalue weighted by atomic mass is 10.3. The molecule has 0 unspecified atom stereocenters. The molecular weight excluding hydrogens is 206 g/mol. The van der Waals surface area contributed by atoms with Crippen LogP contribution in [0.3, 0.4) is 0 Å². The number of ether oxygens (including phenoxy) is 1. The normalized spacial score (nSPS) is 9.87. The predicted octanol–water partition coefficient (Wildman–Crippen LogP) is 0.818. The van der Waals surface area contributed by atoms with Gasteiger partial charge >= 0.3 is 5.97 Å². The minimum Gasteiger partial charge on any atom is -0.468 e. The number of nitrogens with zero attached hydrogens (tertiary/aromatic N) is 1. The summed E-state index contributed by atoms with van der Waals surface area (Å²) in [5.74, 6) is 3.30. The second-order valence-electron chi connectivity index (χ2n) is 2.83. The summed E-state index contributed by atoms with van der Waals surface area (Å²) < 4.78 is 29.9. The Bertz CT molecular complexity index is 351. The molecular formula is C9H10F2N2O2. The summed E-state index contributed by atoms with van der Waals surface area (Å²) in [5.41, 5.74) is 0.0675. The van der Waals surface area contributed by atoms with E-state index >= 15 is 0 Å². The molecule has 82 valence electrons. The molecule has 0 heterocycles. The fourth-order valence-corrected chi connectivity index (χ4v) is 1.00. The van der Waals surface area contributed by atoms with E-state index in [4.69, 9.17) is 5.84 Å². The largest absolute Gasteiger partial charge is 0.468 e. The zero-order valence-corrected chi connectivity index (χ0v) is 8.04. The number of carbonyl (C=O) groups is 1. The van der Waals surface area contributed by atoms with E-state index in [9.17, 15) is 13.6 Å². The minimum absolute atomic E-state index is 0.0675. The van der Waals surface area contributed by atoms with Gasteiger partial charge in [-0.15, -0.1) is 0 Å². The molecule has 0 bridgehead atoms. The van der Waals surface area contributed by atoms with Crippen LogP contribution in [0.4, 0.5) is 14.5 Å². The van der Waals surface area contributed by atoms with Gasteiger partial charge in [0.1, 0.15) is 18.2 Å². The highest BCUT2D eigenvalue weighted by molar-refractivity contribution is 5.75. The number of halogens is 2. The number of methoxy groups -OCH3 is 1. The van der Waals surface area contributed by atoms with Crippen LogP contribution in [0.25, 0.3) is 0 Å². The molecule has 0 radical (unpaired) electrons. The van der Waals surface area contributed by atoms with Gasteiger partial charge in [0.15, 0.2) is 0 Å². The van der Waals surface area contributed by atoms with Crippen molar-refractivity contribution in [2.75, 3.05) is 18.7 Å². The summed E-state index contributed by atoms with van der Waals surface area (Å²) in [6.07, 6.45) is 0. The Balaban J connectivity index is 2.81. The van der Waals surface area contributed by atoms with Gasteiger partial charge in [0, 0.05) is 6.07 Å². The summed E-state index contributed by atoms with van der Waals surface area (Å²) in [6.45, 7) is -0.278. The van der Waals surface area contributed by atoms with Gasteiger partial charge in [0.25, 0.3) is 0 Å². The first-order chi connectivity index (χ1) is 7.02. The van der Waals surface area contributed by atoms with E-state index in [-0.39, 0.29) is 12.2 Å². The highest BCUT2D eigenvalue weighted by atomic mass is 19.1. The number of benzene rings is 1. The van der Waals surface area contributed by atoms with Gasteiger partial charge < -0.3 is 4.74 Å². The van der Waals surface area contributed by atoms with Crippen molar-refractivity contribution in [3.63, 3.8) is 0 Å². The van der Waals surface area contributed by atoms with Crippen LogP contribution in [0.1, 0.15) is 0 Å². The number of hydrogen-bond donors (Lipinski definition) is 1. The van der Waals surface area contributed by atoms with Gasteiger partial charge in [-0.05, 0) is 12.1 Å². The van der Waals surface area contributed by atoms with Gasteiger partial charge in [-0.2, -0.15) is 0 Å². The first-order valence-electron chi connectivity index (χ1n) is 4.08. The van der Waals surface area contributed by atoms with Gasteiger partial charge in [0.2, 0.25) is 0 Å². The molecule has 1 aromatic rings. The Morgan fingerprint density at radius 2 is 1.93 bits per heavy atom. The molecule has 15 heavy (non-hydrogen) atoms. The SMILES string of the molecule is COC(=O)CN(N)c1cc(F)cc(F)c1. The Morgan fingerprint density at radius 3 is 2.40 bits per heavy atom. The van der Waals surface area contributed by atoms with E-state index in [1.807, 2.05) is 0 Å². The maximum atomic E-state index is 12.8. The molecule has 0 saturated heterocycles. The van der Waals surface area contributed by atoms with E-state index in [0.717, 1.165) is 23.2 Å². The highest BCUT2D eigenvalue weighted by Gasteiger charge is 2.10. The zero-order chi connectivity index (χ0) is 11.4. The maximum absolute atomic E-state index is 12.8. The first kappa shape index (κ1) is 11.4. The quantitative estimate of drug-likeness (QED) is 0.461. The zero-order valence-electron chi connectivity index (χ0n) is 8.04. The Labute approximate surface area is 85.2 Å². The van der Waals surface area contributed by atoms with E-state index in [2.05, 4.69) is 4.74 Å². The molecule has 0 aliphatic heterocycles. The number of nitrogens with two attached hydrogens (primary N) is 1. The van der Waals surface area contributed by atoms with Crippen molar-refractivity contribution in [3.8, 4) is 0 Å². The third-order valence-corrected chi connectivity index (χ3v) is 1.71. The second-order valence-corrected chi connectivity index (χ2v) is 2.83. The number of rotatable bonds is 3. The lowest BCUT2D eigenvalue weighted by molar-refractivity contribution is -0.138. The van der Waals surface area contributed by atoms with E-state index in [1.165, 1.54) is 7.11 Å². The average molecular weight is 216 g/mol. The summed E-state index contributed by atoms with van der Waals surface area (Å²) in [5, 5.41) is 0.901. The van der Waals surface area contributed by atoms with Gasteiger partial charge in [0.05, 0.1) is 12.8 Å². The highest BCUT2D eigenvalue weighted by Crippen LogP contribution is 2.15. The fraction of sp³-hybridized carbons (Fsp3) is 0.222. The second kappa shape index (κ2) is 4.70. The molecule has 6 heteroatoms. The van der Waals surface area contributed by atoms with Crippen LogP contribution in [-0.2, 0) is 9.53 Å². The topological polar surface area (TPSA) is 55.6 Å². The van der Waals surface area contributed by atoms with Crippen molar-refractivity contribution in [2.45, 2.75) is 0 Å². The number of esters is 1. The van der Waals surface area contributed by atoms with Crippen LogP contribution in [-0.4, -0.2) is 19.6 Å². The first-order valence-corrected chi connectivity index (χ1v) is 4.08. The minimum atomic E-state index is -0.759. The molecule has 0 fully saturated rings. The van der Waals surface area contributed by atoms with Crippen molar-refractivity contribution in [1.82, 2.24) is 0 Å². The molecule has 0 aliphatic rings. The molecule has 0 atom stereocenters. The molecule has 0 saturated carbocycles. The van der Waals surface area contributed by atoms with Gasteiger partial charge in [-0.25, -0.2) is 14.6 Å². The summed E-state index contributed by atoms with van der Waals surface area (Å²) in [7, 11) is 1.20. The van der Waals surface area contributed by atoms with Crippen LogP contribution in [0.5, 0.6) is 0 Å². The molecule has 0 aliphatic carbocycles. The fourth-order valence-electron chi connectivity index (χ4n) is 1.00. The monoisotopic (exact) mass is 216 g/mol. The van der Waals surface area contributed by atoms with Gasteiger partial charge in [-0.3, -0.25) is 9.80 Å². The van der Waals surface area contributed by atoms with Crippen LogP contribution in [0.15, 0.2) is 18.2 Å². The lowest BCUT2D eigenvalue weighted by Gasteiger charge is -2.16. The third-order valence-electron chi connectivity index (χ3n) is 1.71. The Morgan fingerprint density at radius 1 is 1.40 bits per heavy atom. The standard InChI is InChI=1S/C9H10F2N2O2/c1-15-9(14)5-13(12)8-3-6(10)2-7(11)4-8/h2-4H,5,12H2,1H3. The van der Waals surface area contributed by atoms with Crippen LogP contribution >= 0.6 is 0 Å². The predicted molar refractivity (Wildman–Crippen MR) is 49.9 cm³/mol. The molecule has 1 aromatic carbocycles. The van der Waals surface area contributed by atoms with Gasteiger partial charge in [-0.1, -0.05) is 0 Å². The molecule has 2 N–H and O–H groups in total. The molecule has 0 aromatic heterocycles.